The number of hydrogen-bond acceptors (Lipinski definition) is 4. The van der Waals surface area contributed by atoms with Gasteiger partial charge in [0.15, 0.2) is 11.5 Å². The molecular weight excluding hydrogens is 280 g/mol. The number of nitrogens with one attached hydrogen (secondary N) is 1. The molecule has 3 rings (SSSR count). The molecule has 6 heteroatoms. The van der Waals surface area contributed by atoms with Gasteiger partial charge in [-0.15, -0.1) is 0 Å². The van der Waals surface area contributed by atoms with Crippen molar-refractivity contribution in [2.24, 2.45) is 0 Å². The smallest absolute Gasteiger partial charge is 0.258 e. The van der Waals surface area contributed by atoms with Crippen molar-refractivity contribution in [2.45, 2.75) is 0 Å². The van der Waals surface area contributed by atoms with Crippen LogP contribution in [0.5, 0.6) is 11.5 Å². The number of ether oxygens (including phenoxy) is 2. The minimum absolute atomic E-state index is 0.169. The predicted octanol–water partition coefficient (Wildman–Crippen LogP) is 2.76. The fraction of sp³-hybridized carbons (Fsp3) is 0.143. The summed E-state index contributed by atoms with van der Waals surface area (Å²) in [6, 6.07) is 8.49. The lowest BCUT2D eigenvalue weighted by molar-refractivity contribution is 0.102. The standard InChI is InChI=1S/C14H11ClN2O3/c15-13-10(2-1-5-16-13)14(18)17-9-3-4-11-12(8-9)20-7-6-19-11/h1-5,8H,6-7H2,(H,17,18). The third kappa shape index (κ3) is 2.53. The first-order valence-corrected chi connectivity index (χ1v) is 6.43. The van der Waals surface area contributed by atoms with Crippen molar-refractivity contribution in [3.63, 3.8) is 0 Å². The molecule has 0 fully saturated rings. The highest BCUT2D eigenvalue weighted by Gasteiger charge is 2.14. The minimum atomic E-state index is -0.320. The molecule has 1 aromatic carbocycles. The number of pyridine rings is 1. The second-order valence-corrected chi connectivity index (χ2v) is 4.51. The van der Waals surface area contributed by atoms with E-state index >= 15 is 0 Å². The summed E-state index contributed by atoms with van der Waals surface area (Å²) in [5, 5.41) is 2.92. The van der Waals surface area contributed by atoms with E-state index in [1.807, 2.05) is 0 Å². The van der Waals surface area contributed by atoms with Crippen LogP contribution in [-0.4, -0.2) is 24.1 Å². The highest BCUT2D eigenvalue weighted by atomic mass is 35.5. The number of hydrogen-bond donors (Lipinski definition) is 1. The molecule has 0 atom stereocenters. The maximum Gasteiger partial charge on any atom is 0.258 e. The monoisotopic (exact) mass is 290 g/mol. The summed E-state index contributed by atoms with van der Waals surface area (Å²) < 4.78 is 10.9. The van der Waals surface area contributed by atoms with Crippen molar-refractivity contribution >= 4 is 23.2 Å². The van der Waals surface area contributed by atoms with E-state index in [1.165, 1.54) is 6.20 Å². The van der Waals surface area contributed by atoms with Gasteiger partial charge in [0, 0.05) is 18.0 Å². The van der Waals surface area contributed by atoms with Crippen LogP contribution in [0.3, 0.4) is 0 Å². The summed E-state index contributed by atoms with van der Waals surface area (Å²) in [6.45, 7) is 1.03. The molecule has 0 unspecified atom stereocenters. The molecule has 20 heavy (non-hydrogen) atoms. The third-order valence-corrected chi connectivity index (χ3v) is 3.10. The van der Waals surface area contributed by atoms with Crippen molar-refractivity contribution in [3.8, 4) is 11.5 Å². The Morgan fingerprint density at radius 3 is 2.80 bits per heavy atom. The first-order valence-electron chi connectivity index (χ1n) is 6.05. The molecule has 0 aliphatic carbocycles. The number of benzene rings is 1. The average molecular weight is 291 g/mol. The van der Waals surface area contributed by atoms with Gasteiger partial charge in [0.25, 0.3) is 5.91 Å². The molecule has 102 valence electrons. The molecule has 5 nitrogen and oxygen atoms in total. The van der Waals surface area contributed by atoms with E-state index < -0.39 is 0 Å². The Hall–Kier alpha value is -2.27. The molecule has 2 heterocycles. The molecule has 0 spiro atoms. The highest BCUT2D eigenvalue weighted by molar-refractivity contribution is 6.33. The molecule has 1 aromatic heterocycles. The summed E-state index contributed by atoms with van der Waals surface area (Å²) in [4.78, 5) is 16.0. The molecule has 0 radical (unpaired) electrons. The lowest BCUT2D eigenvalue weighted by Crippen LogP contribution is -2.16. The predicted molar refractivity (Wildman–Crippen MR) is 74.6 cm³/mol. The van der Waals surface area contributed by atoms with Crippen LogP contribution in [0.1, 0.15) is 10.4 Å². The molecule has 0 saturated heterocycles. The van der Waals surface area contributed by atoms with Crippen LogP contribution < -0.4 is 14.8 Å². The van der Waals surface area contributed by atoms with Crippen LogP contribution in [0.25, 0.3) is 0 Å². The average Bonchev–Trinajstić information content (AvgIpc) is 2.47. The van der Waals surface area contributed by atoms with E-state index in [-0.39, 0.29) is 11.1 Å². The Morgan fingerprint density at radius 1 is 1.20 bits per heavy atom. The van der Waals surface area contributed by atoms with Crippen molar-refractivity contribution in [2.75, 3.05) is 18.5 Å². The lowest BCUT2D eigenvalue weighted by Gasteiger charge is -2.19. The second-order valence-electron chi connectivity index (χ2n) is 4.15. The fourth-order valence-corrected chi connectivity index (χ4v) is 2.08. The van der Waals surface area contributed by atoms with Gasteiger partial charge in [-0.1, -0.05) is 11.6 Å². The van der Waals surface area contributed by atoms with Crippen molar-refractivity contribution < 1.29 is 14.3 Å². The Labute approximate surface area is 120 Å². The number of nitrogens with zero attached hydrogens (tertiary/aromatic N) is 1. The summed E-state index contributed by atoms with van der Waals surface area (Å²) in [5.74, 6) is 0.972. The van der Waals surface area contributed by atoms with Crippen molar-refractivity contribution in [1.82, 2.24) is 4.98 Å². The van der Waals surface area contributed by atoms with Gasteiger partial charge < -0.3 is 14.8 Å². The quantitative estimate of drug-likeness (QED) is 0.864. The minimum Gasteiger partial charge on any atom is -0.486 e. The van der Waals surface area contributed by atoms with Gasteiger partial charge in [0.05, 0.1) is 5.56 Å². The van der Waals surface area contributed by atoms with E-state index in [1.54, 1.807) is 30.3 Å². The molecule has 0 saturated carbocycles. The largest absolute Gasteiger partial charge is 0.486 e. The number of carbonyl (C=O) groups excluding carboxylic acids is 1. The number of rotatable bonds is 2. The number of amides is 1. The van der Waals surface area contributed by atoms with Gasteiger partial charge in [-0.3, -0.25) is 4.79 Å². The van der Waals surface area contributed by atoms with Crippen molar-refractivity contribution in [3.05, 3.63) is 47.2 Å². The Bertz CT molecular complexity index is 661. The van der Waals surface area contributed by atoms with Gasteiger partial charge in [0.1, 0.15) is 18.4 Å². The number of halogens is 1. The first kappa shape index (κ1) is 12.7. The van der Waals surface area contributed by atoms with E-state index in [0.717, 1.165) is 0 Å². The first-order chi connectivity index (χ1) is 9.74. The van der Waals surface area contributed by atoms with Crippen LogP contribution in [0, 0.1) is 0 Å². The van der Waals surface area contributed by atoms with Crippen LogP contribution in [0.2, 0.25) is 5.15 Å². The number of aromatic nitrogens is 1. The van der Waals surface area contributed by atoms with Gasteiger partial charge >= 0.3 is 0 Å². The zero-order valence-corrected chi connectivity index (χ0v) is 11.2. The van der Waals surface area contributed by atoms with Gasteiger partial charge in [-0.25, -0.2) is 4.98 Å². The van der Waals surface area contributed by atoms with E-state index in [4.69, 9.17) is 21.1 Å². The van der Waals surface area contributed by atoms with Crippen LogP contribution >= 0.6 is 11.6 Å². The molecule has 1 aliphatic rings. The van der Waals surface area contributed by atoms with Crippen LogP contribution in [0.4, 0.5) is 5.69 Å². The Kier molecular flexibility index (Phi) is 3.43. The summed E-state index contributed by atoms with van der Waals surface area (Å²) in [7, 11) is 0. The van der Waals surface area contributed by atoms with Crippen LogP contribution in [0.15, 0.2) is 36.5 Å². The number of anilines is 1. The van der Waals surface area contributed by atoms with E-state index in [2.05, 4.69) is 10.3 Å². The zero-order chi connectivity index (χ0) is 13.9. The maximum absolute atomic E-state index is 12.1. The lowest BCUT2D eigenvalue weighted by atomic mass is 10.2. The zero-order valence-electron chi connectivity index (χ0n) is 10.4. The molecule has 1 N–H and O–H groups in total. The Balaban J connectivity index is 1.81. The maximum atomic E-state index is 12.1. The molecule has 1 aliphatic heterocycles. The molecular formula is C14H11ClN2O3. The Morgan fingerprint density at radius 2 is 2.00 bits per heavy atom. The fourth-order valence-electron chi connectivity index (χ4n) is 1.87. The highest BCUT2D eigenvalue weighted by Crippen LogP contribution is 2.32. The summed E-state index contributed by atoms with van der Waals surface area (Å²) in [6.07, 6.45) is 1.53. The number of carbonyl (C=O) groups is 1. The SMILES string of the molecule is O=C(Nc1ccc2c(c1)OCCO2)c1cccnc1Cl. The van der Waals surface area contributed by atoms with E-state index in [0.29, 0.717) is 36.0 Å². The van der Waals surface area contributed by atoms with E-state index in [9.17, 15) is 4.79 Å². The summed E-state index contributed by atoms with van der Waals surface area (Å²) >= 11 is 5.88. The van der Waals surface area contributed by atoms with Crippen molar-refractivity contribution in [1.29, 1.82) is 0 Å². The molecule has 1 amide bonds. The third-order valence-electron chi connectivity index (χ3n) is 2.80. The van der Waals surface area contributed by atoms with Gasteiger partial charge in [0.2, 0.25) is 0 Å². The van der Waals surface area contributed by atoms with Crippen LogP contribution in [-0.2, 0) is 0 Å². The van der Waals surface area contributed by atoms with Gasteiger partial charge in [-0.05, 0) is 24.3 Å². The van der Waals surface area contributed by atoms with Gasteiger partial charge in [-0.2, -0.15) is 0 Å². The summed E-state index contributed by atoms with van der Waals surface area (Å²) in [5.41, 5.74) is 0.934. The number of fused-ring (bicyclic) bond motifs is 1. The molecule has 2 aromatic rings. The topological polar surface area (TPSA) is 60.5 Å². The molecule has 0 bridgehead atoms. The second kappa shape index (κ2) is 5.38. The normalized spacial score (nSPS) is 12.8.